The first kappa shape index (κ1) is 15.8. The highest BCUT2D eigenvalue weighted by Gasteiger charge is 2.48. The second kappa shape index (κ2) is 5.85. The van der Waals surface area contributed by atoms with Gasteiger partial charge in [0.2, 0.25) is 5.91 Å². The van der Waals surface area contributed by atoms with Crippen molar-refractivity contribution in [2.75, 3.05) is 20.1 Å². The van der Waals surface area contributed by atoms with Gasteiger partial charge >= 0.3 is 6.03 Å². The molecule has 23 heavy (non-hydrogen) atoms. The lowest BCUT2D eigenvalue weighted by Crippen LogP contribution is -2.53. The maximum atomic E-state index is 12.1. The van der Waals surface area contributed by atoms with E-state index in [-0.39, 0.29) is 23.7 Å². The summed E-state index contributed by atoms with van der Waals surface area (Å²) in [6, 6.07) is 10.3. The summed E-state index contributed by atoms with van der Waals surface area (Å²) in [5.74, 6) is -0.470. The molecule has 0 atom stereocenters. The normalized spacial score (nSPS) is 30.5. The van der Waals surface area contributed by atoms with Gasteiger partial charge in [-0.3, -0.25) is 4.79 Å². The molecule has 0 radical (unpaired) electrons. The van der Waals surface area contributed by atoms with Crippen LogP contribution in [-0.2, 0) is 10.3 Å². The molecule has 6 heteroatoms. The molecule has 1 saturated heterocycles. The molecule has 1 saturated carbocycles. The molecule has 124 valence electrons. The minimum absolute atomic E-state index is 0.0105. The van der Waals surface area contributed by atoms with Gasteiger partial charge in [-0.25, -0.2) is 4.79 Å². The summed E-state index contributed by atoms with van der Waals surface area (Å²) in [6.07, 6.45) is 3.64. The quantitative estimate of drug-likeness (QED) is 0.772. The molecule has 0 aromatic heterocycles. The maximum Gasteiger partial charge on any atom is 0.318 e. The SMILES string of the molecule is CN[C@]1(c2ccccc2)CC[C@@]2(CC1)CN(CC(N)=O)C(=O)N2. The molecule has 0 unspecified atom stereocenters. The van der Waals surface area contributed by atoms with Gasteiger partial charge in [0.25, 0.3) is 0 Å². The Morgan fingerprint density at radius 1 is 1.26 bits per heavy atom. The van der Waals surface area contributed by atoms with E-state index in [2.05, 4.69) is 34.9 Å². The van der Waals surface area contributed by atoms with Crippen molar-refractivity contribution in [2.45, 2.75) is 36.8 Å². The Morgan fingerprint density at radius 3 is 2.48 bits per heavy atom. The number of carbonyl (C=O) groups excluding carboxylic acids is 2. The molecule has 1 aromatic carbocycles. The third-order valence-corrected chi connectivity index (χ3v) is 5.37. The fourth-order valence-electron chi connectivity index (χ4n) is 3.98. The third-order valence-electron chi connectivity index (χ3n) is 5.37. The highest BCUT2D eigenvalue weighted by atomic mass is 16.2. The molecule has 6 nitrogen and oxygen atoms in total. The number of hydrogen-bond acceptors (Lipinski definition) is 3. The second-order valence-corrected chi connectivity index (χ2v) is 6.73. The van der Waals surface area contributed by atoms with E-state index in [0.29, 0.717) is 6.54 Å². The number of amides is 3. The molecule has 4 N–H and O–H groups in total. The van der Waals surface area contributed by atoms with Crippen LogP contribution in [0.4, 0.5) is 4.79 Å². The molecule has 2 aliphatic rings. The van der Waals surface area contributed by atoms with Gasteiger partial charge in [-0.2, -0.15) is 0 Å². The fraction of sp³-hybridized carbons (Fsp3) is 0.529. The molecular weight excluding hydrogens is 292 g/mol. The second-order valence-electron chi connectivity index (χ2n) is 6.73. The van der Waals surface area contributed by atoms with E-state index in [0.717, 1.165) is 25.7 Å². The van der Waals surface area contributed by atoms with Gasteiger partial charge < -0.3 is 21.3 Å². The van der Waals surface area contributed by atoms with Gasteiger partial charge in [0.1, 0.15) is 6.54 Å². The number of primary amides is 1. The molecule has 3 amide bonds. The molecule has 3 rings (SSSR count). The van der Waals surface area contributed by atoms with E-state index < -0.39 is 5.91 Å². The summed E-state index contributed by atoms with van der Waals surface area (Å²) in [5.41, 5.74) is 6.23. The lowest BCUT2D eigenvalue weighted by Gasteiger charge is -2.45. The fourth-order valence-corrected chi connectivity index (χ4v) is 3.98. The van der Waals surface area contributed by atoms with Crippen molar-refractivity contribution in [2.24, 2.45) is 5.73 Å². The van der Waals surface area contributed by atoms with Crippen LogP contribution in [0.25, 0.3) is 0 Å². The van der Waals surface area contributed by atoms with Crippen molar-refractivity contribution in [1.82, 2.24) is 15.5 Å². The summed E-state index contributed by atoms with van der Waals surface area (Å²) in [7, 11) is 2.00. The average molecular weight is 316 g/mol. The standard InChI is InChI=1S/C17H24N4O2/c1-19-17(13-5-3-2-4-6-13)9-7-16(8-10-17)12-21(11-14(18)22)15(23)20-16/h2-6,19H,7-12H2,1H3,(H2,18,22)(H,20,23)/t16-,17-. The Hall–Kier alpha value is -2.08. The van der Waals surface area contributed by atoms with Crippen LogP contribution in [0.1, 0.15) is 31.2 Å². The van der Waals surface area contributed by atoms with Crippen LogP contribution in [0.5, 0.6) is 0 Å². The zero-order valence-corrected chi connectivity index (χ0v) is 13.5. The zero-order valence-electron chi connectivity index (χ0n) is 13.5. The molecule has 2 fully saturated rings. The van der Waals surface area contributed by atoms with Gasteiger partial charge in [0.15, 0.2) is 0 Å². The Bertz CT molecular complexity index is 594. The molecule has 1 aromatic rings. The molecule has 1 aliphatic carbocycles. The smallest absolute Gasteiger partial charge is 0.318 e. The van der Waals surface area contributed by atoms with E-state index in [1.807, 2.05) is 13.1 Å². The number of hydrogen-bond donors (Lipinski definition) is 3. The van der Waals surface area contributed by atoms with Crippen LogP contribution < -0.4 is 16.4 Å². The lowest BCUT2D eigenvalue weighted by atomic mass is 9.69. The molecule has 1 heterocycles. The summed E-state index contributed by atoms with van der Waals surface area (Å²) in [5, 5.41) is 6.58. The first-order valence-corrected chi connectivity index (χ1v) is 8.08. The van der Waals surface area contributed by atoms with Crippen LogP contribution in [0, 0.1) is 0 Å². The molecule has 1 spiro atoms. The van der Waals surface area contributed by atoms with E-state index >= 15 is 0 Å². The third kappa shape index (κ3) is 2.91. The maximum absolute atomic E-state index is 12.1. The highest BCUT2D eigenvalue weighted by Crippen LogP contribution is 2.42. The summed E-state index contributed by atoms with van der Waals surface area (Å²) in [4.78, 5) is 24.7. The number of urea groups is 1. The van der Waals surface area contributed by atoms with Crippen molar-refractivity contribution in [3.63, 3.8) is 0 Å². The Balaban J connectivity index is 1.73. The van der Waals surface area contributed by atoms with Crippen LogP contribution in [0.15, 0.2) is 30.3 Å². The van der Waals surface area contributed by atoms with Crippen molar-refractivity contribution >= 4 is 11.9 Å². The van der Waals surface area contributed by atoms with Gasteiger partial charge in [-0.05, 0) is 38.3 Å². The first-order valence-electron chi connectivity index (χ1n) is 8.08. The van der Waals surface area contributed by atoms with E-state index in [9.17, 15) is 9.59 Å². The van der Waals surface area contributed by atoms with Crippen molar-refractivity contribution in [1.29, 1.82) is 0 Å². The predicted molar refractivity (Wildman–Crippen MR) is 87.7 cm³/mol. The number of benzene rings is 1. The Morgan fingerprint density at radius 2 is 1.91 bits per heavy atom. The molecule has 0 bridgehead atoms. The van der Waals surface area contributed by atoms with Crippen LogP contribution in [0.3, 0.4) is 0 Å². The lowest BCUT2D eigenvalue weighted by molar-refractivity contribution is -0.118. The van der Waals surface area contributed by atoms with Gasteiger partial charge in [0.05, 0.1) is 5.54 Å². The monoisotopic (exact) mass is 316 g/mol. The largest absolute Gasteiger partial charge is 0.368 e. The summed E-state index contributed by atoms with van der Waals surface area (Å²) in [6.45, 7) is 0.548. The number of nitrogens with one attached hydrogen (secondary N) is 2. The Labute approximate surface area is 136 Å². The van der Waals surface area contributed by atoms with Crippen LogP contribution >= 0.6 is 0 Å². The number of rotatable bonds is 4. The van der Waals surface area contributed by atoms with E-state index in [1.54, 1.807) is 0 Å². The van der Waals surface area contributed by atoms with E-state index in [4.69, 9.17) is 5.73 Å². The minimum atomic E-state index is -0.470. The average Bonchev–Trinajstić information content (AvgIpc) is 2.84. The number of carbonyl (C=O) groups is 2. The van der Waals surface area contributed by atoms with Crippen LogP contribution in [-0.4, -0.2) is 42.5 Å². The predicted octanol–water partition coefficient (Wildman–Crippen LogP) is 0.925. The first-order chi connectivity index (χ1) is 11.0. The molecular formula is C17H24N4O2. The van der Waals surface area contributed by atoms with E-state index in [1.165, 1.54) is 10.5 Å². The topological polar surface area (TPSA) is 87.5 Å². The minimum Gasteiger partial charge on any atom is -0.368 e. The van der Waals surface area contributed by atoms with Gasteiger partial charge in [0, 0.05) is 12.1 Å². The Kier molecular flexibility index (Phi) is 4.02. The van der Waals surface area contributed by atoms with Crippen molar-refractivity contribution in [3.8, 4) is 0 Å². The summed E-state index contributed by atoms with van der Waals surface area (Å²) >= 11 is 0. The van der Waals surface area contributed by atoms with Gasteiger partial charge in [-0.1, -0.05) is 30.3 Å². The van der Waals surface area contributed by atoms with Crippen LogP contribution in [0.2, 0.25) is 0 Å². The highest BCUT2D eigenvalue weighted by molar-refractivity contribution is 5.84. The summed E-state index contributed by atoms with van der Waals surface area (Å²) < 4.78 is 0. The number of nitrogens with two attached hydrogens (primary N) is 1. The van der Waals surface area contributed by atoms with Gasteiger partial charge in [-0.15, -0.1) is 0 Å². The van der Waals surface area contributed by atoms with Crippen molar-refractivity contribution < 1.29 is 9.59 Å². The zero-order chi connectivity index (χ0) is 16.5. The number of nitrogens with zero attached hydrogens (tertiary/aromatic N) is 1. The molecule has 1 aliphatic heterocycles. The van der Waals surface area contributed by atoms with Crippen molar-refractivity contribution in [3.05, 3.63) is 35.9 Å².